The minimum Gasteiger partial charge on any atom is -0.490 e. The number of unbranched alkanes of at least 4 members (excludes halogenated alkanes) is 4. The Morgan fingerprint density at radius 2 is 1.45 bits per heavy atom. The van der Waals surface area contributed by atoms with Gasteiger partial charge in [0, 0.05) is 11.1 Å². The molecule has 1 aliphatic carbocycles. The molecule has 0 aromatic heterocycles. The van der Waals surface area contributed by atoms with Crippen LogP contribution in [0.1, 0.15) is 83.6 Å². The van der Waals surface area contributed by atoms with Crippen molar-refractivity contribution in [3.63, 3.8) is 0 Å². The molecule has 0 bridgehead atoms. The van der Waals surface area contributed by atoms with Crippen molar-refractivity contribution in [2.75, 3.05) is 6.61 Å². The van der Waals surface area contributed by atoms with Gasteiger partial charge < -0.3 is 4.74 Å². The van der Waals surface area contributed by atoms with Crippen molar-refractivity contribution in [1.29, 1.82) is 0 Å². The molecule has 0 N–H and O–H groups in total. The lowest BCUT2D eigenvalue weighted by Crippen LogP contribution is -2.05. The number of hydrogen-bond donors (Lipinski definition) is 0. The van der Waals surface area contributed by atoms with Gasteiger partial charge in [0.15, 0.2) is 11.6 Å². The molecule has 3 aromatic carbocycles. The summed E-state index contributed by atoms with van der Waals surface area (Å²) >= 11 is 0. The minimum absolute atomic E-state index is 0.0529. The summed E-state index contributed by atoms with van der Waals surface area (Å²) < 4.78 is 50.1. The monoisotopic (exact) mass is 520 g/mol. The van der Waals surface area contributed by atoms with Gasteiger partial charge in [-0.2, -0.15) is 4.39 Å². The molecule has 0 aliphatic heterocycles. The van der Waals surface area contributed by atoms with Crippen LogP contribution in [0, 0.1) is 23.4 Å². The Balaban J connectivity index is 1.43. The van der Waals surface area contributed by atoms with E-state index in [0.29, 0.717) is 23.7 Å². The molecule has 1 atom stereocenters. The van der Waals surface area contributed by atoms with E-state index in [2.05, 4.69) is 19.9 Å². The largest absolute Gasteiger partial charge is 0.490 e. The fourth-order valence-electron chi connectivity index (χ4n) is 5.35. The number of hydrogen-bond acceptors (Lipinski definition) is 1. The summed E-state index contributed by atoms with van der Waals surface area (Å²) in [7, 11) is 0. The Labute approximate surface area is 225 Å². The van der Waals surface area contributed by atoms with E-state index >= 15 is 4.39 Å². The van der Waals surface area contributed by atoms with E-state index < -0.39 is 11.6 Å². The van der Waals surface area contributed by atoms with Gasteiger partial charge in [-0.15, -0.1) is 0 Å². The maximum Gasteiger partial charge on any atom is 0.201 e. The third-order valence-corrected chi connectivity index (χ3v) is 7.61. The van der Waals surface area contributed by atoms with Crippen LogP contribution in [0.4, 0.5) is 13.2 Å². The third-order valence-electron chi connectivity index (χ3n) is 7.61. The van der Waals surface area contributed by atoms with Crippen LogP contribution in [-0.4, -0.2) is 6.61 Å². The van der Waals surface area contributed by atoms with Crippen LogP contribution >= 0.6 is 0 Å². The summed E-state index contributed by atoms with van der Waals surface area (Å²) in [4.78, 5) is 0. The first-order valence-electron chi connectivity index (χ1n) is 14.2. The number of benzene rings is 3. The van der Waals surface area contributed by atoms with E-state index in [1.54, 1.807) is 24.3 Å². The molecule has 0 amide bonds. The summed E-state index contributed by atoms with van der Waals surface area (Å²) in [5.41, 5.74) is 4.09. The van der Waals surface area contributed by atoms with Crippen LogP contribution in [0.15, 0.2) is 60.7 Å². The van der Waals surface area contributed by atoms with Gasteiger partial charge in [-0.1, -0.05) is 94.8 Å². The van der Waals surface area contributed by atoms with Crippen molar-refractivity contribution in [2.45, 2.75) is 78.1 Å². The second-order valence-electron chi connectivity index (χ2n) is 10.4. The topological polar surface area (TPSA) is 9.23 Å². The molecule has 0 spiro atoms. The predicted octanol–water partition coefficient (Wildman–Crippen LogP) is 10.8. The molecule has 1 aliphatic rings. The van der Waals surface area contributed by atoms with Gasteiger partial charge >= 0.3 is 0 Å². The average Bonchev–Trinajstić information content (AvgIpc) is 2.94. The van der Waals surface area contributed by atoms with Crippen LogP contribution in [0.3, 0.4) is 0 Å². The smallest absolute Gasteiger partial charge is 0.201 e. The van der Waals surface area contributed by atoms with Crippen LogP contribution in [0.5, 0.6) is 5.75 Å². The highest BCUT2D eigenvalue weighted by molar-refractivity contribution is 5.74. The van der Waals surface area contributed by atoms with E-state index in [1.165, 1.54) is 25.3 Å². The van der Waals surface area contributed by atoms with Gasteiger partial charge in [0.2, 0.25) is 5.82 Å². The molecule has 0 fully saturated rings. The fraction of sp³-hybridized carbons (Fsp3) is 0.412. The summed E-state index contributed by atoms with van der Waals surface area (Å²) in [6.07, 6.45) is 13.0. The molecule has 4 heteroatoms. The molecule has 0 radical (unpaired) electrons. The van der Waals surface area contributed by atoms with Gasteiger partial charge in [0.05, 0.1) is 6.61 Å². The third kappa shape index (κ3) is 6.89. The highest BCUT2D eigenvalue weighted by Gasteiger charge is 2.18. The maximum absolute atomic E-state index is 15.1. The average molecular weight is 521 g/mol. The molecule has 1 nitrogen and oxygen atoms in total. The lowest BCUT2D eigenvalue weighted by Gasteiger charge is -2.22. The van der Waals surface area contributed by atoms with E-state index in [4.69, 9.17) is 4.74 Å². The van der Waals surface area contributed by atoms with Gasteiger partial charge in [0.25, 0.3) is 0 Å². The molecule has 38 heavy (non-hydrogen) atoms. The molecular weight excluding hydrogens is 481 g/mol. The first-order valence-corrected chi connectivity index (χ1v) is 14.2. The Kier molecular flexibility index (Phi) is 10.1. The van der Waals surface area contributed by atoms with E-state index in [-0.39, 0.29) is 17.1 Å². The van der Waals surface area contributed by atoms with Crippen molar-refractivity contribution < 1.29 is 17.9 Å². The lowest BCUT2D eigenvalue weighted by atomic mass is 9.84. The zero-order valence-electron chi connectivity index (χ0n) is 22.7. The molecule has 202 valence electrons. The van der Waals surface area contributed by atoms with Crippen molar-refractivity contribution in [3.05, 3.63) is 83.7 Å². The normalized spacial score (nSPS) is 15.4. The Morgan fingerprint density at radius 1 is 0.737 bits per heavy atom. The minimum atomic E-state index is -0.962. The summed E-state index contributed by atoms with van der Waals surface area (Å²) in [5, 5.41) is 0. The molecule has 1 unspecified atom stereocenters. The summed E-state index contributed by atoms with van der Waals surface area (Å²) in [6.45, 7) is 4.74. The molecule has 0 heterocycles. The number of allylic oxidation sites excluding steroid dienone is 2. The molecule has 0 saturated carbocycles. The van der Waals surface area contributed by atoms with Crippen LogP contribution in [-0.2, 0) is 0 Å². The number of ether oxygens (including phenoxy) is 1. The lowest BCUT2D eigenvalue weighted by molar-refractivity contribution is 0.285. The Bertz CT molecular complexity index is 1230. The second-order valence-corrected chi connectivity index (χ2v) is 10.4. The van der Waals surface area contributed by atoms with Crippen LogP contribution < -0.4 is 4.74 Å². The maximum atomic E-state index is 15.1. The van der Waals surface area contributed by atoms with Gasteiger partial charge in [-0.3, -0.25) is 0 Å². The van der Waals surface area contributed by atoms with Crippen LogP contribution in [0.2, 0.25) is 0 Å². The zero-order chi connectivity index (χ0) is 26.9. The fourth-order valence-corrected chi connectivity index (χ4v) is 5.35. The quantitative estimate of drug-likeness (QED) is 0.216. The van der Waals surface area contributed by atoms with Crippen molar-refractivity contribution in [3.8, 4) is 28.0 Å². The predicted molar refractivity (Wildman–Crippen MR) is 152 cm³/mol. The summed E-state index contributed by atoms with van der Waals surface area (Å²) in [5.74, 6) is -1.44. The molecular formula is C34H39F3O. The number of halogens is 3. The van der Waals surface area contributed by atoms with Crippen LogP contribution in [0.25, 0.3) is 27.8 Å². The Hall–Kier alpha value is -3.01. The zero-order valence-corrected chi connectivity index (χ0v) is 22.7. The van der Waals surface area contributed by atoms with Crippen molar-refractivity contribution in [2.24, 2.45) is 5.92 Å². The molecule has 3 aromatic rings. The SMILES string of the molecule is CCCCCCCOc1ccc(-c2ccc(-c3ccc(C4=CCC(CCC)CC4)c(F)c3)cc2)c(F)c1F. The number of rotatable bonds is 12. The highest BCUT2D eigenvalue weighted by Crippen LogP contribution is 2.36. The van der Waals surface area contributed by atoms with E-state index in [0.717, 1.165) is 61.6 Å². The first kappa shape index (κ1) is 28.0. The second kappa shape index (κ2) is 13.7. The summed E-state index contributed by atoms with van der Waals surface area (Å²) in [6, 6.07) is 15.5. The van der Waals surface area contributed by atoms with E-state index in [1.807, 2.05) is 24.3 Å². The molecule has 0 saturated heterocycles. The van der Waals surface area contributed by atoms with Gasteiger partial charge in [-0.25, -0.2) is 8.78 Å². The van der Waals surface area contributed by atoms with Gasteiger partial charge in [0.1, 0.15) is 5.82 Å². The standard InChI is InChI=1S/C34H39F3O/c1-3-5-6-7-8-22-38-32-21-20-30(33(36)34(32)37)27-16-14-25(15-17-27)28-18-19-29(31(35)23-28)26-12-10-24(9-4-2)11-13-26/h12,14-21,23-24H,3-11,13,22H2,1-2H3. The van der Waals surface area contributed by atoms with Crippen molar-refractivity contribution in [1.82, 2.24) is 0 Å². The Morgan fingerprint density at radius 3 is 2.13 bits per heavy atom. The van der Waals surface area contributed by atoms with Crippen molar-refractivity contribution >= 4 is 5.57 Å². The highest BCUT2D eigenvalue weighted by atomic mass is 19.2. The molecule has 4 rings (SSSR count). The first-order chi connectivity index (χ1) is 18.5. The van der Waals surface area contributed by atoms with E-state index in [9.17, 15) is 8.78 Å². The van der Waals surface area contributed by atoms with Gasteiger partial charge in [-0.05, 0) is 72.1 Å².